The van der Waals surface area contributed by atoms with Crippen molar-refractivity contribution in [2.24, 2.45) is 7.05 Å². The predicted molar refractivity (Wildman–Crippen MR) is 109 cm³/mol. The first-order valence-corrected chi connectivity index (χ1v) is 9.92. The average Bonchev–Trinajstić information content (AvgIpc) is 3.14. The largest absolute Gasteiger partial charge is 0.333 e. The van der Waals surface area contributed by atoms with E-state index in [-0.39, 0.29) is 5.78 Å². The zero-order valence-electron chi connectivity index (χ0n) is 17.6. The van der Waals surface area contributed by atoms with E-state index in [0.29, 0.717) is 16.9 Å². The minimum atomic E-state index is -0.821. The molecular formula is C20H29N5O3. The van der Waals surface area contributed by atoms with Crippen LogP contribution in [0.2, 0.25) is 0 Å². The maximum absolute atomic E-state index is 13.2. The third kappa shape index (κ3) is 2.91. The van der Waals surface area contributed by atoms with Crippen molar-refractivity contribution in [3.8, 4) is 0 Å². The highest BCUT2D eigenvalue weighted by atomic mass is 16.2. The Morgan fingerprint density at radius 1 is 1.11 bits per heavy atom. The Morgan fingerprint density at radius 3 is 2.39 bits per heavy atom. The van der Waals surface area contributed by atoms with Crippen LogP contribution in [-0.4, -0.2) is 28.9 Å². The molecule has 0 radical (unpaired) electrons. The van der Waals surface area contributed by atoms with Gasteiger partial charge in [-0.3, -0.25) is 18.6 Å². The summed E-state index contributed by atoms with van der Waals surface area (Å²) >= 11 is 0. The van der Waals surface area contributed by atoms with Gasteiger partial charge in [0, 0.05) is 25.0 Å². The fourth-order valence-corrected chi connectivity index (χ4v) is 3.77. The van der Waals surface area contributed by atoms with Gasteiger partial charge in [0.1, 0.15) is 0 Å². The molecule has 0 saturated heterocycles. The highest BCUT2D eigenvalue weighted by molar-refractivity contribution is 5.81. The molecule has 0 saturated carbocycles. The maximum Gasteiger partial charge on any atom is 0.333 e. The highest BCUT2D eigenvalue weighted by Crippen LogP contribution is 2.21. The van der Waals surface area contributed by atoms with E-state index in [1.54, 1.807) is 14.0 Å². The van der Waals surface area contributed by atoms with Gasteiger partial charge in [-0.2, -0.15) is 4.98 Å². The lowest BCUT2D eigenvalue weighted by molar-refractivity contribution is -0.119. The Bertz CT molecular complexity index is 1180. The lowest BCUT2D eigenvalue weighted by Crippen LogP contribution is -2.42. The molecule has 8 heteroatoms. The topological polar surface area (TPSA) is 83.3 Å². The smallest absolute Gasteiger partial charge is 0.314 e. The normalized spacial score (nSPS) is 12.9. The molecule has 0 spiro atoms. The molecule has 0 N–H and O–H groups in total. The van der Waals surface area contributed by atoms with E-state index in [2.05, 4.69) is 16.5 Å². The molecule has 152 valence electrons. The predicted octanol–water partition coefficient (Wildman–Crippen LogP) is 2.50. The van der Waals surface area contributed by atoms with Crippen LogP contribution in [0.15, 0.2) is 9.59 Å². The number of carbonyl (C=O) groups excluding carboxylic acids is 1. The SMILES string of the molecule is CCCCCCn1c(C)c(C)n2c3c(=O)n([C@H](C)C(C)=O)c(=O)n(C)c3nc12. The second-order valence-electron chi connectivity index (χ2n) is 7.61. The zero-order chi connectivity index (χ0) is 20.7. The van der Waals surface area contributed by atoms with E-state index in [1.807, 2.05) is 18.2 Å². The molecule has 0 aromatic carbocycles. The van der Waals surface area contributed by atoms with Gasteiger partial charge < -0.3 is 4.57 Å². The van der Waals surface area contributed by atoms with Gasteiger partial charge >= 0.3 is 5.69 Å². The molecule has 28 heavy (non-hydrogen) atoms. The van der Waals surface area contributed by atoms with Gasteiger partial charge in [-0.15, -0.1) is 0 Å². The molecule has 0 aliphatic rings. The van der Waals surface area contributed by atoms with Crippen LogP contribution in [0.1, 0.15) is 63.9 Å². The molecule has 3 heterocycles. The first-order valence-electron chi connectivity index (χ1n) is 9.92. The van der Waals surface area contributed by atoms with Crippen molar-refractivity contribution < 1.29 is 4.79 Å². The third-order valence-electron chi connectivity index (χ3n) is 5.79. The lowest BCUT2D eigenvalue weighted by atomic mass is 10.2. The van der Waals surface area contributed by atoms with Crippen molar-refractivity contribution >= 4 is 22.7 Å². The van der Waals surface area contributed by atoms with Crippen molar-refractivity contribution in [1.82, 2.24) is 23.1 Å². The Morgan fingerprint density at radius 2 is 1.79 bits per heavy atom. The molecule has 0 aliphatic heterocycles. The fraction of sp³-hybridized carbons (Fsp3) is 0.600. The Kier molecular flexibility index (Phi) is 5.32. The highest BCUT2D eigenvalue weighted by Gasteiger charge is 2.25. The lowest BCUT2D eigenvalue weighted by Gasteiger charge is -2.12. The summed E-state index contributed by atoms with van der Waals surface area (Å²) in [5.74, 6) is 0.433. The number of aromatic nitrogens is 5. The van der Waals surface area contributed by atoms with Crippen molar-refractivity contribution in [2.75, 3.05) is 0 Å². The van der Waals surface area contributed by atoms with E-state index in [9.17, 15) is 14.4 Å². The molecular weight excluding hydrogens is 358 g/mol. The van der Waals surface area contributed by atoms with Gasteiger partial charge in [-0.1, -0.05) is 26.2 Å². The molecule has 0 fully saturated rings. The monoisotopic (exact) mass is 387 g/mol. The van der Waals surface area contributed by atoms with Crippen molar-refractivity contribution in [2.45, 2.75) is 72.9 Å². The fourth-order valence-electron chi connectivity index (χ4n) is 3.77. The molecule has 0 amide bonds. The number of hydrogen-bond acceptors (Lipinski definition) is 4. The summed E-state index contributed by atoms with van der Waals surface area (Å²) in [6.45, 7) is 9.93. The number of aryl methyl sites for hydroxylation is 3. The zero-order valence-corrected chi connectivity index (χ0v) is 17.6. The van der Waals surface area contributed by atoms with E-state index >= 15 is 0 Å². The first kappa shape index (κ1) is 20.1. The number of unbranched alkanes of at least 4 members (excludes halogenated alkanes) is 3. The van der Waals surface area contributed by atoms with Crippen molar-refractivity contribution in [3.63, 3.8) is 0 Å². The summed E-state index contributed by atoms with van der Waals surface area (Å²) in [7, 11) is 1.59. The van der Waals surface area contributed by atoms with E-state index in [4.69, 9.17) is 0 Å². The third-order valence-corrected chi connectivity index (χ3v) is 5.79. The maximum atomic E-state index is 13.2. The molecule has 0 unspecified atom stereocenters. The summed E-state index contributed by atoms with van der Waals surface area (Å²) in [4.78, 5) is 42.5. The molecule has 8 nitrogen and oxygen atoms in total. The Balaban J connectivity index is 2.32. The van der Waals surface area contributed by atoms with Gasteiger partial charge in [0.2, 0.25) is 5.78 Å². The second kappa shape index (κ2) is 7.41. The second-order valence-corrected chi connectivity index (χ2v) is 7.61. The van der Waals surface area contributed by atoms with Gasteiger partial charge in [-0.05, 0) is 34.1 Å². The summed E-state index contributed by atoms with van der Waals surface area (Å²) in [6, 6.07) is -0.821. The van der Waals surface area contributed by atoms with Crippen LogP contribution in [0.3, 0.4) is 0 Å². The summed E-state index contributed by atoms with van der Waals surface area (Å²) < 4.78 is 6.34. The quantitative estimate of drug-likeness (QED) is 0.583. The average molecular weight is 387 g/mol. The number of Topliss-reactive ketones (excluding diaryl/α,β-unsaturated/α-hetero) is 1. The number of ketones is 1. The number of carbonyl (C=O) groups is 1. The summed E-state index contributed by atoms with van der Waals surface area (Å²) in [5, 5.41) is 0. The van der Waals surface area contributed by atoms with Crippen LogP contribution in [0.4, 0.5) is 0 Å². The van der Waals surface area contributed by atoms with Crippen LogP contribution >= 0.6 is 0 Å². The number of rotatable bonds is 7. The Hall–Kier alpha value is -2.64. The molecule has 0 aliphatic carbocycles. The molecule has 1 atom stereocenters. The van der Waals surface area contributed by atoms with Gasteiger partial charge in [0.05, 0.1) is 6.04 Å². The minimum Gasteiger partial charge on any atom is -0.314 e. The number of hydrogen-bond donors (Lipinski definition) is 0. The van der Waals surface area contributed by atoms with E-state index in [1.165, 1.54) is 24.3 Å². The van der Waals surface area contributed by atoms with Crippen LogP contribution < -0.4 is 11.2 Å². The molecule has 3 rings (SSSR count). The number of imidazole rings is 2. The minimum absolute atomic E-state index is 0.235. The number of fused-ring (bicyclic) bond motifs is 3. The van der Waals surface area contributed by atoms with E-state index in [0.717, 1.165) is 35.3 Å². The first-order chi connectivity index (χ1) is 13.2. The molecule has 3 aromatic heterocycles. The standard InChI is InChI=1S/C20H29N5O3/c1-7-8-9-10-11-23-12(2)13(3)24-16-17(21-19(23)24)22(6)20(28)25(18(16)27)14(4)15(5)26/h14H,7-11H2,1-6H3/t14-/m1/s1. The summed E-state index contributed by atoms with van der Waals surface area (Å²) in [6.07, 6.45) is 4.53. The molecule has 0 bridgehead atoms. The van der Waals surface area contributed by atoms with Crippen LogP contribution in [-0.2, 0) is 18.4 Å². The van der Waals surface area contributed by atoms with Crippen LogP contribution in [0.5, 0.6) is 0 Å². The summed E-state index contributed by atoms with van der Waals surface area (Å²) in [5.41, 5.74) is 1.68. The van der Waals surface area contributed by atoms with Crippen molar-refractivity contribution in [3.05, 3.63) is 32.2 Å². The van der Waals surface area contributed by atoms with Crippen LogP contribution in [0, 0.1) is 13.8 Å². The van der Waals surface area contributed by atoms with E-state index < -0.39 is 17.3 Å². The molecule has 3 aromatic rings. The van der Waals surface area contributed by atoms with Crippen LogP contribution in [0.25, 0.3) is 16.9 Å². The van der Waals surface area contributed by atoms with Gasteiger partial charge in [-0.25, -0.2) is 9.36 Å². The Labute approximate surface area is 163 Å². The number of nitrogens with zero attached hydrogens (tertiary/aromatic N) is 5. The van der Waals surface area contributed by atoms with Crippen molar-refractivity contribution in [1.29, 1.82) is 0 Å². The van der Waals surface area contributed by atoms with Gasteiger partial charge in [0.25, 0.3) is 5.56 Å². The van der Waals surface area contributed by atoms with Gasteiger partial charge in [0.15, 0.2) is 16.9 Å².